The molecule has 5 aromatic rings. The van der Waals surface area contributed by atoms with Crippen molar-refractivity contribution < 1.29 is 23.8 Å². The normalized spacial score (nSPS) is 19.4. The van der Waals surface area contributed by atoms with Crippen molar-refractivity contribution in [1.82, 2.24) is 24.5 Å². The Balaban J connectivity index is 1.12. The predicted molar refractivity (Wildman–Crippen MR) is 152 cm³/mol. The van der Waals surface area contributed by atoms with Crippen LogP contribution in [0.15, 0.2) is 66.9 Å². The summed E-state index contributed by atoms with van der Waals surface area (Å²) >= 11 is 5.85. The highest BCUT2D eigenvalue weighted by atomic mass is 35.5. The third kappa shape index (κ3) is 5.19. The van der Waals surface area contributed by atoms with Crippen LogP contribution in [0.25, 0.3) is 22.4 Å². The van der Waals surface area contributed by atoms with Crippen LogP contribution in [0.5, 0.6) is 5.88 Å². The summed E-state index contributed by atoms with van der Waals surface area (Å²) in [4.78, 5) is 30.1. The first kappa shape index (κ1) is 26.5. The number of aromatic carboxylic acids is 1. The van der Waals surface area contributed by atoms with Gasteiger partial charge in [-0.25, -0.2) is 24.1 Å². The maximum absolute atomic E-state index is 14.2. The van der Waals surface area contributed by atoms with Gasteiger partial charge in [0.25, 0.3) is 0 Å². The monoisotopic (exact) mass is 585 g/mol. The van der Waals surface area contributed by atoms with E-state index in [0.29, 0.717) is 39.9 Å². The Morgan fingerprint density at radius 3 is 2.76 bits per heavy atom. The molecule has 2 unspecified atom stereocenters. The summed E-state index contributed by atoms with van der Waals surface area (Å²) in [6.07, 6.45) is 3.64. The maximum atomic E-state index is 14.2. The van der Waals surface area contributed by atoms with Crippen molar-refractivity contribution in [2.45, 2.75) is 43.9 Å². The van der Waals surface area contributed by atoms with E-state index in [9.17, 15) is 14.3 Å². The molecule has 1 saturated heterocycles. The molecule has 0 bridgehead atoms. The standard InChI is InChI=1S/C31H25ClFN5O4/c32-19-5-4-18(23(33)13-19)16-42-28-3-1-2-24(35-28)17-8-10-34-27(12-17)21-14-22(21)29-36-25-6-7-26(31(39)40)37-30(25)38(29)15-20-9-11-41-20/h1-8,10,12-13,20-22H,9,11,14-16H2,(H,39,40)/t20-,21?,22?/m0/s1. The molecule has 212 valence electrons. The van der Waals surface area contributed by atoms with Crippen molar-refractivity contribution in [2.24, 2.45) is 0 Å². The lowest BCUT2D eigenvalue weighted by Gasteiger charge is -2.27. The molecule has 5 heterocycles. The molecule has 0 amide bonds. The molecule has 2 aliphatic rings. The molecule has 0 spiro atoms. The molecule has 9 nitrogen and oxygen atoms in total. The van der Waals surface area contributed by atoms with Crippen LogP contribution in [0.1, 0.15) is 52.2 Å². The number of ether oxygens (including phenoxy) is 2. The Labute approximate surface area is 245 Å². The van der Waals surface area contributed by atoms with Crippen molar-refractivity contribution >= 4 is 28.7 Å². The largest absolute Gasteiger partial charge is 0.477 e. The SMILES string of the molecule is O=C(O)c1ccc2nc(C3CC3c3cc(-c4cccc(OCc5ccc(Cl)cc5F)n4)ccn3)n(C[C@@H]3CCO3)c2n1. The fraction of sp³-hybridized carbons (Fsp3) is 0.258. The van der Waals surface area contributed by atoms with Crippen LogP contribution in [-0.2, 0) is 17.9 Å². The molecule has 1 saturated carbocycles. The Bertz CT molecular complexity index is 1820. The highest BCUT2D eigenvalue weighted by Crippen LogP contribution is 2.54. The average Bonchev–Trinajstić information content (AvgIpc) is 3.69. The number of pyridine rings is 3. The van der Waals surface area contributed by atoms with E-state index in [-0.39, 0.29) is 30.2 Å². The quantitative estimate of drug-likeness (QED) is 0.223. The second kappa shape index (κ2) is 10.8. The number of carboxylic acids is 1. The number of fused-ring (bicyclic) bond motifs is 1. The number of aromatic nitrogens is 5. The Hall–Kier alpha value is -4.41. The number of hydrogen-bond donors (Lipinski definition) is 1. The fourth-order valence-electron chi connectivity index (χ4n) is 5.30. The Morgan fingerprint density at radius 1 is 1.10 bits per heavy atom. The number of hydrogen-bond acceptors (Lipinski definition) is 7. The van der Waals surface area contributed by atoms with Crippen LogP contribution in [0.2, 0.25) is 5.02 Å². The summed E-state index contributed by atoms with van der Waals surface area (Å²) < 4.78 is 27.6. The zero-order valence-electron chi connectivity index (χ0n) is 22.3. The van der Waals surface area contributed by atoms with Gasteiger partial charge in [0.15, 0.2) is 11.3 Å². The van der Waals surface area contributed by atoms with Crippen molar-refractivity contribution in [3.8, 4) is 17.1 Å². The van der Waals surface area contributed by atoms with E-state index in [1.54, 1.807) is 30.5 Å². The van der Waals surface area contributed by atoms with E-state index in [1.165, 1.54) is 12.1 Å². The van der Waals surface area contributed by atoms with Crippen LogP contribution >= 0.6 is 11.6 Å². The van der Waals surface area contributed by atoms with Crippen LogP contribution in [0.4, 0.5) is 4.39 Å². The number of imidazole rings is 1. The number of halogens is 2. The van der Waals surface area contributed by atoms with Gasteiger partial charge in [-0.1, -0.05) is 23.7 Å². The Kier molecular flexibility index (Phi) is 6.79. The first-order chi connectivity index (χ1) is 20.4. The molecule has 4 aromatic heterocycles. The maximum Gasteiger partial charge on any atom is 0.354 e. The van der Waals surface area contributed by atoms with Gasteiger partial charge in [-0.15, -0.1) is 0 Å². The highest BCUT2D eigenvalue weighted by molar-refractivity contribution is 6.30. The topological polar surface area (TPSA) is 112 Å². The summed E-state index contributed by atoms with van der Waals surface area (Å²) in [6.45, 7) is 1.33. The molecule has 11 heteroatoms. The molecular weight excluding hydrogens is 561 g/mol. The fourth-order valence-corrected chi connectivity index (χ4v) is 5.46. The molecular formula is C31H25ClFN5O4. The van der Waals surface area contributed by atoms with Crippen molar-refractivity contribution in [3.63, 3.8) is 0 Å². The summed E-state index contributed by atoms with van der Waals surface area (Å²) in [5, 5.41) is 9.81. The lowest BCUT2D eigenvalue weighted by Crippen LogP contribution is -2.31. The van der Waals surface area contributed by atoms with Crippen LogP contribution in [0, 0.1) is 5.82 Å². The van der Waals surface area contributed by atoms with Gasteiger partial charge in [0, 0.05) is 52.5 Å². The zero-order valence-corrected chi connectivity index (χ0v) is 23.0. The van der Waals surface area contributed by atoms with Crippen LogP contribution in [-0.4, -0.2) is 48.3 Å². The highest BCUT2D eigenvalue weighted by Gasteiger charge is 2.44. The number of benzene rings is 1. The second-order valence-electron chi connectivity index (χ2n) is 10.5. The molecule has 3 atom stereocenters. The van der Waals surface area contributed by atoms with E-state index in [1.807, 2.05) is 28.8 Å². The van der Waals surface area contributed by atoms with E-state index in [4.69, 9.17) is 26.1 Å². The van der Waals surface area contributed by atoms with E-state index >= 15 is 0 Å². The molecule has 1 aliphatic heterocycles. The van der Waals surface area contributed by atoms with Gasteiger partial charge in [0.05, 0.1) is 18.3 Å². The van der Waals surface area contributed by atoms with Gasteiger partial charge < -0.3 is 19.1 Å². The number of rotatable bonds is 9. The molecule has 1 N–H and O–H groups in total. The van der Waals surface area contributed by atoms with Crippen molar-refractivity contribution in [1.29, 1.82) is 0 Å². The third-order valence-electron chi connectivity index (χ3n) is 7.71. The second-order valence-corrected chi connectivity index (χ2v) is 10.9. The number of nitrogens with zero attached hydrogens (tertiary/aromatic N) is 5. The van der Waals surface area contributed by atoms with Gasteiger partial charge in [-0.2, -0.15) is 0 Å². The van der Waals surface area contributed by atoms with Gasteiger partial charge in [0.1, 0.15) is 23.8 Å². The summed E-state index contributed by atoms with van der Waals surface area (Å²) in [6, 6.07) is 17.1. The predicted octanol–water partition coefficient (Wildman–Crippen LogP) is 6.02. The van der Waals surface area contributed by atoms with Crippen molar-refractivity contribution in [3.05, 3.63) is 100 Å². The number of carboxylic acid groups (broad SMARTS) is 1. The third-order valence-corrected chi connectivity index (χ3v) is 7.95. The van der Waals surface area contributed by atoms with E-state index in [0.717, 1.165) is 36.5 Å². The van der Waals surface area contributed by atoms with Crippen LogP contribution < -0.4 is 4.74 Å². The average molecular weight is 586 g/mol. The van der Waals surface area contributed by atoms with Gasteiger partial charge in [-0.3, -0.25) is 4.98 Å². The summed E-state index contributed by atoms with van der Waals surface area (Å²) in [5.41, 5.74) is 4.13. The van der Waals surface area contributed by atoms with Crippen molar-refractivity contribution in [2.75, 3.05) is 6.61 Å². The first-order valence-corrected chi connectivity index (χ1v) is 14.0. The van der Waals surface area contributed by atoms with Crippen LogP contribution in [0.3, 0.4) is 0 Å². The van der Waals surface area contributed by atoms with Gasteiger partial charge in [0.2, 0.25) is 5.88 Å². The summed E-state index contributed by atoms with van der Waals surface area (Å²) in [7, 11) is 0. The first-order valence-electron chi connectivity index (χ1n) is 13.6. The smallest absolute Gasteiger partial charge is 0.354 e. The lowest BCUT2D eigenvalue weighted by atomic mass is 10.1. The molecule has 42 heavy (non-hydrogen) atoms. The molecule has 1 aliphatic carbocycles. The zero-order chi connectivity index (χ0) is 28.8. The Morgan fingerprint density at radius 2 is 1.98 bits per heavy atom. The number of carbonyl (C=O) groups is 1. The molecule has 1 aromatic carbocycles. The lowest BCUT2D eigenvalue weighted by molar-refractivity contribution is -0.0590. The van der Waals surface area contributed by atoms with Gasteiger partial charge in [-0.05, 0) is 55.3 Å². The van der Waals surface area contributed by atoms with Gasteiger partial charge >= 0.3 is 5.97 Å². The minimum atomic E-state index is -1.07. The minimum Gasteiger partial charge on any atom is -0.477 e. The van der Waals surface area contributed by atoms with E-state index < -0.39 is 11.8 Å². The molecule has 7 rings (SSSR count). The summed E-state index contributed by atoms with van der Waals surface area (Å²) in [5.74, 6) is 0.0153. The van der Waals surface area contributed by atoms with E-state index in [2.05, 4.69) is 15.0 Å². The molecule has 0 radical (unpaired) electrons. The minimum absolute atomic E-state index is 0.0107. The molecule has 2 fully saturated rings.